The van der Waals surface area contributed by atoms with Gasteiger partial charge in [-0.05, 0) is 17.7 Å². The van der Waals surface area contributed by atoms with Crippen LogP contribution in [0.15, 0.2) is 24.3 Å². The molecule has 0 aliphatic carbocycles. The minimum Gasteiger partial charge on any atom is -0.396 e. The highest BCUT2D eigenvalue weighted by Crippen LogP contribution is 2.14. The number of aliphatic hydroxyl groups excluding tert-OH is 1. The van der Waals surface area contributed by atoms with E-state index in [2.05, 4.69) is 5.92 Å². The third-order valence-electron chi connectivity index (χ3n) is 2.05. The Labute approximate surface area is 78.4 Å². The minimum atomic E-state index is 0.0202. The zero-order valence-electron chi connectivity index (χ0n) is 7.40. The van der Waals surface area contributed by atoms with Gasteiger partial charge in [-0.2, -0.15) is 0 Å². The van der Waals surface area contributed by atoms with E-state index in [0.717, 1.165) is 11.1 Å². The van der Waals surface area contributed by atoms with Crippen LogP contribution in [0.1, 0.15) is 17.0 Å². The highest BCUT2D eigenvalue weighted by Gasteiger charge is 2.06. The van der Waals surface area contributed by atoms with Crippen LogP contribution < -0.4 is 5.73 Å². The van der Waals surface area contributed by atoms with E-state index in [-0.39, 0.29) is 12.5 Å². The molecule has 1 rings (SSSR count). The van der Waals surface area contributed by atoms with Crippen LogP contribution in [0, 0.1) is 12.3 Å². The number of aliphatic hydroxyl groups is 1. The summed E-state index contributed by atoms with van der Waals surface area (Å²) in [5, 5.41) is 8.99. The molecule has 0 radical (unpaired) electrons. The Kier molecular flexibility index (Phi) is 3.51. The van der Waals surface area contributed by atoms with Crippen molar-refractivity contribution in [1.29, 1.82) is 0 Å². The number of benzene rings is 1. The Morgan fingerprint density at radius 2 is 2.00 bits per heavy atom. The average molecular weight is 175 g/mol. The molecule has 1 aromatic rings. The Morgan fingerprint density at radius 1 is 1.38 bits per heavy atom. The largest absolute Gasteiger partial charge is 0.396 e. The molecule has 0 amide bonds. The van der Waals surface area contributed by atoms with Gasteiger partial charge in [-0.15, -0.1) is 6.42 Å². The molecule has 0 saturated heterocycles. The van der Waals surface area contributed by atoms with Gasteiger partial charge in [0.1, 0.15) is 0 Å². The van der Waals surface area contributed by atoms with Crippen molar-refractivity contribution in [3.63, 3.8) is 0 Å². The van der Waals surface area contributed by atoms with Crippen LogP contribution in [0.2, 0.25) is 0 Å². The van der Waals surface area contributed by atoms with E-state index in [1.165, 1.54) is 0 Å². The van der Waals surface area contributed by atoms with Crippen molar-refractivity contribution in [3.05, 3.63) is 35.4 Å². The topological polar surface area (TPSA) is 46.2 Å². The lowest BCUT2D eigenvalue weighted by atomic mass is 9.99. The van der Waals surface area contributed by atoms with Crippen molar-refractivity contribution in [3.8, 4) is 12.3 Å². The Balaban J connectivity index is 2.85. The van der Waals surface area contributed by atoms with Crippen LogP contribution in [0.25, 0.3) is 0 Å². The molecule has 1 aromatic carbocycles. The number of hydrogen-bond donors (Lipinski definition) is 2. The summed E-state index contributed by atoms with van der Waals surface area (Å²) in [6.07, 6.45) is 5.22. The third-order valence-corrected chi connectivity index (χ3v) is 2.05. The highest BCUT2D eigenvalue weighted by molar-refractivity contribution is 5.35. The molecule has 2 heteroatoms. The average Bonchev–Trinajstić information content (AvgIpc) is 2.21. The maximum Gasteiger partial charge on any atom is 0.0511 e. The van der Waals surface area contributed by atoms with Gasteiger partial charge < -0.3 is 10.8 Å². The fourth-order valence-electron chi connectivity index (χ4n) is 1.17. The monoisotopic (exact) mass is 175 g/mol. The molecule has 0 aliphatic heterocycles. The van der Waals surface area contributed by atoms with Crippen LogP contribution in [0.5, 0.6) is 0 Å². The summed E-state index contributed by atoms with van der Waals surface area (Å²) in [5.74, 6) is 2.56. The lowest BCUT2D eigenvalue weighted by Crippen LogP contribution is -2.15. The molecule has 1 unspecified atom stereocenters. The molecular formula is C11H13NO. The van der Waals surface area contributed by atoms with Gasteiger partial charge >= 0.3 is 0 Å². The summed E-state index contributed by atoms with van der Waals surface area (Å²) >= 11 is 0. The van der Waals surface area contributed by atoms with E-state index in [1.807, 2.05) is 24.3 Å². The third kappa shape index (κ3) is 2.32. The molecule has 0 saturated carbocycles. The summed E-state index contributed by atoms with van der Waals surface area (Å²) in [6.45, 7) is 0.526. The second-order valence-corrected chi connectivity index (χ2v) is 2.88. The fraction of sp³-hybridized carbons (Fsp3) is 0.273. The van der Waals surface area contributed by atoms with Crippen LogP contribution in [-0.4, -0.2) is 18.3 Å². The summed E-state index contributed by atoms with van der Waals surface area (Å²) in [4.78, 5) is 0. The smallest absolute Gasteiger partial charge is 0.0511 e. The standard InChI is InChI=1S/C11H13NO/c1-2-9-3-5-10(6-4-9)11(7-12)8-13/h1,3-6,11,13H,7-8,12H2. The number of hydrogen-bond acceptors (Lipinski definition) is 2. The van der Waals surface area contributed by atoms with Gasteiger partial charge in [0, 0.05) is 18.0 Å². The SMILES string of the molecule is C#Cc1ccc(C(CN)CO)cc1. The first-order chi connectivity index (χ1) is 6.31. The van der Waals surface area contributed by atoms with Crippen molar-refractivity contribution in [2.45, 2.75) is 5.92 Å². The zero-order valence-corrected chi connectivity index (χ0v) is 7.40. The summed E-state index contributed by atoms with van der Waals surface area (Å²) in [5.41, 5.74) is 7.36. The first-order valence-electron chi connectivity index (χ1n) is 4.19. The van der Waals surface area contributed by atoms with E-state index in [9.17, 15) is 0 Å². The molecular weight excluding hydrogens is 162 g/mol. The molecule has 2 nitrogen and oxygen atoms in total. The van der Waals surface area contributed by atoms with Crippen LogP contribution in [-0.2, 0) is 0 Å². The van der Waals surface area contributed by atoms with Crippen LogP contribution >= 0.6 is 0 Å². The summed E-state index contributed by atoms with van der Waals surface area (Å²) in [6, 6.07) is 7.52. The fourth-order valence-corrected chi connectivity index (χ4v) is 1.17. The maximum atomic E-state index is 8.99. The zero-order chi connectivity index (χ0) is 9.68. The van der Waals surface area contributed by atoms with Crippen molar-refractivity contribution >= 4 is 0 Å². The van der Waals surface area contributed by atoms with Gasteiger partial charge in [-0.25, -0.2) is 0 Å². The van der Waals surface area contributed by atoms with E-state index in [4.69, 9.17) is 17.3 Å². The molecule has 0 heterocycles. The maximum absolute atomic E-state index is 8.99. The number of nitrogens with two attached hydrogens (primary N) is 1. The van der Waals surface area contributed by atoms with Gasteiger partial charge in [0.25, 0.3) is 0 Å². The molecule has 0 fully saturated rings. The molecule has 1 atom stereocenters. The highest BCUT2D eigenvalue weighted by atomic mass is 16.3. The van der Waals surface area contributed by atoms with Crippen molar-refractivity contribution in [2.24, 2.45) is 5.73 Å². The quantitative estimate of drug-likeness (QED) is 0.664. The molecule has 0 spiro atoms. The van der Waals surface area contributed by atoms with Crippen molar-refractivity contribution in [2.75, 3.05) is 13.2 Å². The Morgan fingerprint density at radius 3 is 2.38 bits per heavy atom. The van der Waals surface area contributed by atoms with Gasteiger partial charge in [0.15, 0.2) is 0 Å². The van der Waals surface area contributed by atoms with Gasteiger partial charge in [0.05, 0.1) is 6.61 Å². The second-order valence-electron chi connectivity index (χ2n) is 2.88. The normalized spacial score (nSPS) is 12.1. The summed E-state index contributed by atoms with van der Waals surface area (Å²) < 4.78 is 0. The molecule has 3 N–H and O–H groups in total. The first-order valence-corrected chi connectivity index (χ1v) is 4.19. The molecule has 0 aliphatic rings. The van der Waals surface area contributed by atoms with Crippen LogP contribution in [0.4, 0.5) is 0 Å². The van der Waals surface area contributed by atoms with E-state index < -0.39 is 0 Å². The molecule has 68 valence electrons. The van der Waals surface area contributed by atoms with Crippen molar-refractivity contribution < 1.29 is 5.11 Å². The number of rotatable bonds is 3. The van der Waals surface area contributed by atoms with Gasteiger partial charge in [-0.3, -0.25) is 0 Å². The lowest BCUT2D eigenvalue weighted by molar-refractivity contribution is 0.268. The van der Waals surface area contributed by atoms with Gasteiger partial charge in [0.2, 0.25) is 0 Å². The first kappa shape index (κ1) is 9.79. The Bertz CT molecular complexity index is 293. The van der Waals surface area contributed by atoms with Crippen molar-refractivity contribution in [1.82, 2.24) is 0 Å². The predicted molar refractivity (Wildman–Crippen MR) is 53.3 cm³/mol. The number of terminal acetylenes is 1. The van der Waals surface area contributed by atoms with Gasteiger partial charge in [-0.1, -0.05) is 18.1 Å². The summed E-state index contributed by atoms with van der Waals surface area (Å²) in [7, 11) is 0. The molecule has 13 heavy (non-hydrogen) atoms. The lowest BCUT2D eigenvalue weighted by Gasteiger charge is -2.11. The second kappa shape index (κ2) is 4.66. The minimum absolute atomic E-state index is 0.0202. The Hall–Kier alpha value is -1.30. The van der Waals surface area contributed by atoms with Crippen LogP contribution in [0.3, 0.4) is 0 Å². The predicted octanol–water partition coefficient (Wildman–Crippen LogP) is 0.703. The molecule has 0 bridgehead atoms. The van der Waals surface area contributed by atoms with E-state index in [1.54, 1.807) is 0 Å². The van der Waals surface area contributed by atoms with E-state index in [0.29, 0.717) is 6.54 Å². The molecule has 0 aromatic heterocycles. The van der Waals surface area contributed by atoms with E-state index >= 15 is 0 Å².